The zero-order chi connectivity index (χ0) is 14.1. The molecule has 0 atom stereocenters. The van der Waals surface area contributed by atoms with E-state index in [1.165, 1.54) is 0 Å². The van der Waals surface area contributed by atoms with E-state index >= 15 is 0 Å². The Morgan fingerprint density at radius 3 is 2.43 bits per heavy atom. The SMILES string of the molecule is CN(C)CCn1c(CCN)nc2cc3c(cc21)OCO3.Cl.Cl.Cl. The van der Waals surface area contributed by atoms with E-state index in [0.717, 1.165) is 47.9 Å². The van der Waals surface area contributed by atoms with Gasteiger partial charge in [0.15, 0.2) is 11.5 Å². The van der Waals surface area contributed by atoms with E-state index in [2.05, 4.69) is 28.5 Å². The Kier molecular flexibility index (Phi) is 9.02. The molecule has 1 aliphatic rings. The lowest BCUT2D eigenvalue weighted by Gasteiger charge is -2.13. The van der Waals surface area contributed by atoms with Crippen LogP contribution in [0, 0.1) is 0 Å². The average molecular weight is 386 g/mol. The Labute approximate surface area is 154 Å². The monoisotopic (exact) mass is 384 g/mol. The summed E-state index contributed by atoms with van der Waals surface area (Å²) in [5.41, 5.74) is 7.72. The molecule has 3 rings (SSSR count). The lowest BCUT2D eigenvalue weighted by Crippen LogP contribution is -2.20. The van der Waals surface area contributed by atoms with Crippen LogP contribution in [0.2, 0.25) is 0 Å². The Balaban J connectivity index is 0.00000161. The maximum atomic E-state index is 5.69. The van der Waals surface area contributed by atoms with Crippen molar-refractivity contribution in [2.75, 3.05) is 34.0 Å². The third kappa shape index (κ3) is 4.55. The molecule has 6 nitrogen and oxygen atoms in total. The molecule has 1 aliphatic heterocycles. The van der Waals surface area contributed by atoms with E-state index in [4.69, 9.17) is 15.2 Å². The summed E-state index contributed by atoms with van der Waals surface area (Å²) in [6, 6.07) is 3.96. The maximum Gasteiger partial charge on any atom is 0.231 e. The fourth-order valence-electron chi connectivity index (χ4n) is 2.43. The van der Waals surface area contributed by atoms with Crippen molar-refractivity contribution in [3.63, 3.8) is 0 Å². The van der Waals surface area contributed by atoms with Crippen LogP contribution in [0.25, 0.3) is 11.0 Å². The van der Waals surface area contributed by atoms with Gasteiger partial charge in [-0.2, -0.15) is 0 Å². The van der Waals surface area contributed by atoms with Gasteiger partial charge in [0.25, 0.3) is 0 Å². The van der Waals surface area contributed by atoms with Crippen molar-refractivity contribution in [1.29, 1.82) is 0 Å². The molecule has 2 heterocycles. The number of likely N-dealkylation sites (N-methyl/N-ethyl adjacent to an activating group) is 1. The number of rotatable bonds is 5. The molecular formula is C14H23Cl3N4O2. The van der Waals surface area contributed by atoms with Gasteiger partial charge in [-0.3, -0.25) is 0 Å². The van der Waals surface area contributed by atoms with Crippen molar-refractivity contribution in [2.24, 2.45) is 5.73 Å². The van der Waals surface area contributed by atoms with Crippen LogP contribution in [0.4, 0.5) is 0 Å². The molecule has 2 N–H and O–H groups in total. The van der Waals surface area contributed by atoms with Crippen molar-refractivity contribution in [2.45, 2.75) is 13.0 Å². The highest BCUT2D eigenvalue weighted by Gasteiger charge is 2.18. The predicted molar refractivity (Wildman–Crippen MR) is 98.9 cm³/mol. The molecule has 0 amide bonds. The second-order valence-electron chi connectivity index (χ2n) is 5.22. The molecule has 0 spiro atoms. The van der Waals surface area contributed by atoms with E-state index in [0.29, 0.717) is 6.54 Å². The molecule has 0 saturated carbocycles. The molecule has 132 valence electrons. The van der Waals surface area contributed by atoms with Crippen molar-refractivity contribution >= 4 is 48.3 Å². The van der Waals surface area contributed by atoms with E-state index < -0.39 is 0 Å². The molecule has 0 saturated heterocycles. The van der Waals surface area contributed by atoms with Crippen molar-refractivity contribution in [3.8, 4) is 11.5 Å². The lowest BCUT2D eigenvalue weighted by molar-refractivity contribution is 0.174. The lowest BCUT2D eigenvalue weighted by atomic mass is 10.2. The Morgan fingerprint density at radius 2 is 1.83 bits per heavy atom. The number of aromatic nitrogens is 2. The summed E-state index contributed by atoms with van der Waals surface area (Å²) in [6.07, 6.45) is 0.772. The van der Waals surface area contributed by atoms with Gasteiger partial charge in [-0.15, -0.1) is 37.2 Å². The van der Waals surface area contributed by atoms with Crippen LogP contribution in [0.3, 0.4) is 0 Å². The van der Waals surface area contributed by atoms with E-state index in [-0.39, 0.29) is 44.0 Å². The fraction of sp³-hybridized carbons (Fsp3) is 0.500. The topological polar surface area (TPSA) is 65.5 Å². The third-order valence-corrected chi connectivity index (χ3v) is 3.46. The molecule has 23 heavy (non-hydrogen) atoms. The molecule has 1 aromatic carbocycles. The van der Waals surface area contributed by atoms with E-state index in [1.54, 1.807) is 0 Å². The molecule has 0 fully saturated rings. The van der Waals surface area contributed by atoms with Gasteiger partial charge in [-0.1, -0.05) is 0 Å². The van der Waals surface area contributed by atoms with Gasteiger partial charge < -0.3 is 24.7 Å². The summed E-state index contributed by atoms with van der Waals surface area (Å²) in [5, 5.41) is 0. The van der Waals surface area contributed by atoms with Crippen LogP contribution in [0.1, 0.15) is 5.82 Å². The minimum Gasteiger partial charge on any atom is -0.454 e. The first-order chi connectivity index (χ1) is 9.69. The van der Waals surface area contributed by atoms with Gasteiger partial charge in [0.1, 0.15) is 5.82 Å². The summed E-state index contributed by atoms with van der Waals surface area (Å²) >= 11 is 0. The van der Waals surface area contributed by atoms with Crippen LogP contribution < -0.4 is 15.2 Å². The second kappa shape index (κ2) is 9.39. The number of fused-ring (bicyclic) bond motifs is 2. The Bertz CT molecular complexity index is 634. The summed E-state index contributed by atoms with van der Waals surface area (Å²) in [5.74, 6) is 2.59. The number of halogens is 3. The largest absolute Gasteiger partial charge is 0.454 e. The highest BCUT2D eigenvalue weighted by atomic mass is 35.5. The van der Waals surface area contributed by atoms with Gasteiger partial charge in [-0.05, 0) is 20.6 Å². The highest BCUT2D eigenvalue weighted by molar-refractivity contribution is 5.86. The first-order valence-corrected chi connectivity index (χ1v) is 6.82. The minimum absolute atomic E-state index is 0. The summed E-state index contributed by atoms with van der Waals surface area (Å²) < 4.78 is 13.1. The van der Waals surface area contributed by atoms with Gasteiger partial charge in [-0.25, -0.2) is 4.98 Å². The number of imidazole rings is 1. The zero-order valence-electron chi connectivity index (χ0n) is 13.2. The van der Waals surface area contributed by atoms with Crippen LogP contribution in [-0.2, 0) is 13.0 Å². The highest BCUT2D eigenvalue weighted by Crippen LogP contribution is 2.36. The average Bonchev–Trinajstić information content (AvgIpc) is 2.97. The van der Waals surface area contributed by atoms with Crippen molar-refractivity contribution < 1.29 is 9.47 Å². The third-order valence-electron chi connectivity index (χ3n) is 3.46. The smallest absolute Gasteiger partial charge is 0.231 e. The normalized spacial score (nSPS) is 11.8. The van der Waals surface area contributed by atoms with Crippen molar-refractivity contribution in [1.82, 2.24) is 14.5 Å². The summed E-state index contributed by atoms with van der Waals surface area (Å²) in [6.45, 7) is 2.73. The number of nitrogens with two attached hydrogens (primary N) is 1. The first-order valence-electron chi connectivity index (χ1n) is 6.82. The summed E-state index contributed by atoms with van der Waals surface area (Å²) in [4.78, 5) is 6.84. The van der Waals surface area contributed by atoms with E-state index in [1.807, 2.05) is 12.1 Å². The standard InChI is InChI=1S/C14H20N4O2.3ClH/c1-17(2)5-6-18-11-8-13-12(19-9-20-13)7-10(11)16-14(18)3-4-15;;;/h7-8H,3-6,9,15H2,1-2H3;3*1H. The number of nitrogens with zero attached hydrogens (tertiary/aromatic N) is 3. The summed E-state index contributed by atoms with van der Waals surface area (Å²) in [7, 11) is 4.13. The molecule has 0 bridgehead atoms. The van der Waals surface area contributed by atoms with Crippen LogP contribution in [-0.4, -0.2) is 48.4 Å². The van der Waals surface area contributed by atoms with Gasteiger partial charge >= 0.3 is 0 Å². The molecule has 9 heteroatoms. The van der Waals surface area contributed by atoms with Gasteiger partial charge in [0.05, 0.1) is 11.0 Å². The zero-order valence-corrected chi connectivity index (χ0v) is 15.6. The van der Waals surface area contributed by atoms with Gasteiger partial charge in [0.2, 0.25) is 6.79 Å². The number of benzene rings is 1. The van der Waals surface area contributed by atoms with E-state index in [9.17, 15) is 0 Å². The predicted octanol–water partition coefficient (Wildman–Crippen LogP) is 2.09. The fourth-order valence-corrected chi connectivity index (χ4v) is 2.43. The molecular weight excluding hydrogens is 363 g/mol. The molecule has 0 aliphatic carbocycles. The number of hydrogen-bond acceptors (Lipinski definition) is 5. The number of hydrogen-bond donors (Lipinski definition) is 1. The Hall–Kier alpha value is -0.920. The van der Waals surface area contributed by atoms with Crippen molar-refractivity contribution in [3.05, 3.63) is 18.0 Å². The molecule has 1 aromatic heterocycles. The minimum atomic E-state index is 0. The molecule has 0 radical (unpaired) electrons. The maximum absolute atomic E-state index is 5.69. The van der Waals surface area contributed by atoms with Gasteiger partial charge in [0, 0.05) is 31.6 Å². The molecule has 0 unspecified atom stereocenters. The number of ether oxygens (including phenoxy) is 2. The van der Waals surface area contributed by atoms with Crippen LogP contribution in [0.15, 0.2) is 12.1 Å². The quantitative estimate of drug-likeness (QED) is 0.854. The molecule has 2 aromatic rings. The second-order valence-corrected chi connectivity index (χ2v) is 5.22. The Morgan fingerprint density at radius 1 is 1.17 bits per heavy atom. The first kappa shape index (κ1) is 22.1. The van der Waals surface area contributed by atoms with Crippen LogP contribution in [0.5, 0.6) is 11.5 Å². The van der Waals surface area contributed by atoms with Crippen LogP contribution >= 0.6 is 37.2 Å².